The Morgan fingerprint density at radius 3 is 2.16 bits per heavy atom. The number of piperidine rings is 2. The molecule has 1 aromatic rings. The standard InChI is InChI=1S/C26H35F2N3O6/c1-25(2,3)37-24(36)31(20-14-17(20)18-12-16(27)13-19(28)22(18)33)15-21(32)29-8-4-26(5-9-29)6-10-30(11-7-26)23(34)35/h12-13,17,20,33H,4-11,14-15H2,1-3H3,(H,34,35)/t17-,20+/m0/s1. The lowest BCUT2D eigenvalue weighted by molar-refractivity contribution is -0.135. The molecule has 0 unspecified atom stereocenters. The second kappa shape index (κ2) is 9.98. The van der Waals surface area contributed by atoms with Crippen LogP contribution in [-0.4, -0.2) is 87.4 Å². The second-order valence-electron chi connectivity index (χ2n) is 11.5. The first-order valence-electron chi connectivity index (χ1n) is 12.7. The van der Waals surface area contributed by atoms with Gasteiger partial charge in [-0.2, -0.15) is 0 Å². The van der Waals surface area contributed by atoms with Crippen molar-refractivity contribution in [3.63, 3.8) is 0 Å². The number of carbonyl (C=O) groups excluding carboxylic acids is 2. The third-order valence-electron chi connectivity index (χ3n) is 7.82. The Morgan fingerprint density at radius 2 is 1.62 bits per heavy atom. The maximum absolute atomic E-state index is 13.9. The number of carbonyl (C=O) groups is 3. The van der Waals surface area contributed by atoms with Crippen LogP contribution in [0, 0.1) is 17.0 Å². The molecule has 1 aliphatic carbocycles. The number of likely N-dealkylation sites (tertiary alicyclic amines) is 2. The van der Waals surface area contributed by atoms with Crippen LogP contribution in [0.2, 0.25) is 0 Å². The van der Waals surface area contributed by atoms with Crippen molar-refractivity contribution in [2.24, 2.45) is 5.41 Å². The van der Waals surface area contributed by atoms with E-state index in [0.29, 0.717) is 38.7 Å². The number of ether oxygens (including phenoxy) is 1. The number of phenols is 1. The van der Waals surface area contributed by atoms with E-state index in [4.69, 9.17) is 4.74 Å². The maximum Gasteiger partial charge on any atom is 0.411 e. The molecular formula is C26H35F2N3O6. The Balaban J connectivity index is 1.42. The van der Waals surface area contributed by atoms with Gasteiger partial charge < -0.3 is 24.7 Å². The highest BCUT2D eigenvalue weighted by Gasteiger charge is 2.49. The number of rotatable bonds is 4. The molecule has 11 heteroatoms. The monoisotopic (exact) mass is 523 g/mol. The van der Waals surface area contributed by atoms with Crippen LogP contribution in [0.5, 0.6) is 5.75 Å². The summed E-state index contributed by atoms with van der Waals surface area (Å²) < 4.78 is 33.3. The highest BCUT2D eigenvalue weighted by molar-refractivity contribution is 5.83. The van der Waals surface area contributed by atoms with Crippen LogP contribution in [0.3, 0.4) is 0 Å². The minimum Gasteiger partial charge on any atom is -0.505 e. The zero-order valence-electron chi connectivity index (χ0n) is 21.5. The molecule has 204 valence electrons. The van der Waals surface area contributed by atoms with Crippen molar-refractivity contribution < 1.29 is 38.1 Å². The lowest BCUT2D eigenvalue weighted by Crippen LogP contribution is -2.51. The fourth-order valence-electron chi connectivity index (χ4n) is 5.52. The molecule has 0 radical (unpaired) electrons. The number of benzene rings is 1. The Kier molecular flexibility index (Phi) is 7.27. The summed E-state index contributed by atoms with van der Waals surface area (Å²) in [5.74, 6) is -3.32. The number of phenolic OH excluding ortho intramolecular Hbond substituents is 1. The highest BCUT2D eigenvalue weighted by atomic mass is 19.1. The van der Waals surface area contributed by atoms with Gasteiger partial charge in [0.1, 0.15) is 18.0 Å². The van der Waals surface area contributed by atoms with Crippen LogP contribution in [-0.2, 0) is 9.53 Å². The summed E-state index contributed by atoms with van der Waals surface area (Å²) in [4.78, 5) is 42.0. The Morgan fingerprint density at radius 1 is 1.05 bits per heavy atom. The van der Waals surface area contributed by atoms with Gasteiger partial charge in [-0.25, -0.2) is 18.4 Å². The van der Waals surface area contributed by atoms with Crippen LogP contribution in [0.4, 0.5) is 18.4 Å². The van der Waals surface area contributed by atoms with Gasteiger partial charge >= 0.3 is 12.2 Å². The molecule has 1 saturated carbocycles. The van der Waals surface area contributed by atoms with E-state index in [1.54, 1.807) is 25.7 Å². The van der Waals surface area contributed by atoms with Crippen LogP contribution in [0.25, 0.3) is 0 Å². The van der Waals surface area contributed by atoms with Gasteiger partial charge in [0.2, 0.25) is 5.91 Å². The van der Waals surface area contributed by atoms with Crippen molar-refractivity contribution in [1.29, 1.82) is 0 Å². The fraction of sp³-hybridized carbons (Fsp3) is 0.654. The van der Waals surface area contributed by atoms with E-state index in [1.165, 1.54) is 9.80 Å². The topological polar surface area (TPSA) is 111 Å². The first-order chi connectivity index (χ1) is 17.3. The normalized spacial score (nSPS) is 23.1. The van der Waals surface area contributed by atoms with Crippen molar-refractivity contribution in [1.82, 2.24) is 14.7 Å². The van der Waals surface area contributed by atoms with Gasteiger partial charge in [0.05, 0.1) is 0 Å². The van der Waals surface area contributed by atoms with Crippen molar-refractivity contribution in [3.8, 4) is 5.75 Å². The smallest absolute Gasteiger partial charge is 0.411 e. The van der Waals surface area contributed by atoms with Gasteiger partial charge in [-0.15, -0.1) is 0 Å². The van der Waals surface area contributed by atoms with E-state index >= 15 is 0 Å². The van der Waals surface area contributed by atoms with Gasteiger partial charge in [0.15, 0.2) is 11.6 Å². The highest BCUT2D eigenvalue weighted by Crippen LogP contribution is 2.49. The number of amides is 3. The lowest BCUT2D eigenvalue weighted by atomic mass is 9.71. The van der Waals surface area contributed by atoms with E-state index < -0.39 is 47.1 Å². The average molecular weight is 524 g/mol. The molecule has 2 saturated heterocycles. The van der Waals surface area contributed by atoms with Crippen LogP contribution < -0.4 is 0 Å². The Bertz CT molecular complexity index is 1060. The van der Waals surface area contributed by atoms with E-state index in [9.17, 15) is 33.4 Å². The van der Waals surface area contributed by atoms with E-state index in [2.05, 4.69) is 0 Å². The third-order valence-corrected chi connectivity index (χ3v) is 7.82. The molecule has 0 bridgehead atoms. The van der Waals surface area contributed by atoms with Gasteiger partial charge in [0, 0.05) is 49.8 Å². The minimum absolute atomic E-state index is 0.0220. The zero-order valence-corrected chi connectivity index (χ0v) is 21.5. The molecule has 2 aliphatic heterocycles. The summed E-state index contributed by atoms with van der Waals surface area (Å²) >= 11 is 0. The van der Waals surface area contributed by atoms with Crippen molar-refractivity contribution >= 4 is 18.1 Å². The number of carboxylic acid groups (broad SMARTS) is 1. The molecule has 2 heterocycles. The van der Waals surface area contributed by atoms with Crippen LogP contribution in [0.1, 0.15) is 64.4 Å². The average Bonchev–Trinajstić information content (AvgIpc) is 3.59. The maximum atomic E-state index is 13.9. The predicted octanol–water partition coefficient (Wildman–Crippen LogP) is 4.15. The summed E-state index contributed by atoms with van der Waals surface area (Å²) in [7, 11) is 0. The van der Waals surface area contributed by atoms with Gasteiger partial charge in [-0.05, 0) is 64.4 Å². The Labute approximate surface area is 215 Å². The fourth-order valence-corrected chi connectivity index (χ4v) is 5.52. The van der Waals surface area contributed by atoms with Gasteiger partial charge in [0.25, 0.3) is 0 Å². The summed E-state index contributed by atoms with van der Waals surface area (Å²) in [5, 5.41) is 19.3. The summed E-state index contributed by atoms with van der Waals surface area (Å²) in [5.41, 5.74) is -0.720. The van der Waals surface area contributed by atoms with Crippen molar-refractivity contribution in [3.05, 3.63) is 29.3 Å². The predicted molar refractivity (Wildman–Crippen MR) is 129 cm³/mol. The molecule has 2 N–H and O–H groups in total. The number of nitrogens with zero attached hydrogens (tertiary/aromatic N) is 3. The van der Waals surface area contributed by atoms with Crippen molar-refractivity contribution in [2.75, 3.05) is 32.7 Å². The zero-order chi connectivity index (χ0) is 27.1. The molecule has 3 aliphatic rings. The lowest BCUT2D eigenvalue weighted by Gasteiger charge is -2.46. The largest absolute Gasteiger partial charge is 0.505 e. The number of hydrogen-bond donors (Lipinski definition) is 2. The molecular weight excluding hydrogens is 488 g/mol. The van der Waals surface area contributed by atoms with Gasteiger partial charge in [-0.3, -0.25) is 9.69 Å². The molecule has 3 fully saturated rings. The Hall–Kier alpha value is -3.11. The number of hydrogen-bond acceptors (Lipinski definition) is 5. The third kappa shape index (κ3) is 6.07. The van der Waals surface area contributed by atoms with E-state index in [-0.39, 0.29) is 23.4 Å². The van der Waals surface area contributed by atoms with Crippen LogP contribution >= 0.6 is 0 Å². The summed E-state index contributed by atoms with van der Waals surface area (Å²) in [6.07, 6.45) is 1.80. The quantitative estimate of drug-likeness (QED) is 0.614. The molecule has 9 nitrogen and oxygen atoms in total. The molecule has 1 aromatic carbocycles. The van der Waals surface area contributed by atoms with Crippen molar-refractivity contribution in [2.45, 2.75) is 70.4 Å². The van der Waals surface area contributed by atoms with Crippen LogP contribution in [0.15, 0.2) is 12.1 Å². The first-order valence-corrected chi connectivity index (χ1v) is 12.7. The molecule has 3 amide bonds. The summed E-state index contributed by atoms with van der Waals surface area (Å²) in [6.45, 7) is 6.90. The minimum atomic E-state index is -1.07. The molecule has 1 spiro atoms. The molecule has 0 aromatic heterocycles. The number of halogens is 2. The van der Waals surface area contributed by atoms with E-state index in [0.717, 1.165) is 31.7 Å². The molecule has 2 atom stereocenters. The number of aromatic hydroxyl groups is 1. The molecule has 4 rings (SSSR count). The SMILES string of the molecule is CC(C)(C)OC(=O)N(CC(=O)N1CCC2(CCN(C(=O)O)CC2)CC1)[C@@H]1C[C@H]1c1cc(F)cc(F)c1O. The van der Waals surface area contributed by atoms with Gasteiger partial charge in [-0.1, -0.05) is 0 Å². The first kappa shape index (κ1) is 26.9. The summed E-state index contributed by atoms with van der Waals surface area (Å²) in [6, 6.07) is 1.11. The molecule has 37 heavy (non-hydrogen) atoms. The second-order valence-corrected chi connectivity index (χ2v) is 11.5. The van der Waals surface area contributed by atoms with E-state index in [1.807, 2.05) is 0 Å².